The highest BCUT2D eigenvalue weighted by molar-refractivity contribution is 8.01. The number of aryl methyl sites for hydroxylation is 1. The monoisotopic (exact) mass is 497 g/mol. The zero-order valence-electron chi connectivity index (χ0n) is 17.8. The van der Waals surface area contributed by atoms with E-state index in [4.69, 9.17) is 16.3 Å². The molecule has 1 aromatic heterocycles. The zero-order chi connectivity index (χ0) is 23.4. The molecule has 0 radical (unpaired) electrons. The van der Waals surface area contributed by atoms with Gasteiger partial charge in [0, 0.05) is 22.0 Å². The topological polar surface area (TPSA) is 80.3 Å². The number of thiazole rings is 1. The highest BCUT2D eigenvalue weighted by atomic mass is 35.5. The van der Waals surface area contributed by atoms with Gasteiger partial charge < -0.3 is 15.4 Å². The van der Waals surface area contributed by atoms with Crippen molar-refractivity contribution in [2.45, 2.75) is 11.3 Å². The molecule has 2 N–H and O–H groups in total. The maximum atomic E-state index is 12.5. The molecule has 0 atom stereocenters. The Morgan fingerprint density at radius 3 is 2.61 bits per heavy atom. The van der Waals surface area contributed by atoms with E-state index in [1.54, 1.807) is 43.5 Å². The summed E-state index contributed by atoms with van der Waals surface area (Å²) in [5.74, 6) is 0.590. The third kappa shape index (κ3) is 5.84. The summed E-state index contributed by atoms with van der Waals surface area (Å²) >= 11 is 8.86. The SMILES string of the molecule is COc1ccc(C(=O)Nc2ccc3nc(SCC(=O)Nc4cc(Cl)ccc4C)sc3c2)cc1. The number of anilines is 2. The van der Waals surface area contributed by atoms with E-state index >= 15 is 0 Å². The smallest absolute Gasteiger partial charge is 0.255 e. The van der Waals surface area contributed by atoms with Crippen molar-refractivity contribution in [3.05, 3.63) is 76.8 Å². The summed E-state index contributed by atoms with van der Waals surface area (Å²) in [4.78, 5) is 29.4. The minimum Gasteiger partial charge on any atom is -0.497 e. The van der Waals surface area contributed by atoms with Crippen molar-refractivity contribution in [1.82, 2.24) is 4.98 Å². The van der Waals surface area contributed by atoms with Gasteiger partial charge in [-0.05, 0) is 67.1 Å². The molecule has 0 bridgehead atoms. The lowest BCUT2D eigenvalue weighted by atomic mass is 10.2. The van der Waals surface area contributed by atoms with Crippen molar-refractivity contribution < 1.29 is 14.3 Å². The Bertz CT molecular complexity index is 1320. The summed E-state index contributed by atoms with van der Waals surface area (Å²) in [6.45, 7) is 1.91. The van der Waals surface area contributed by atoms with Crippen LogP contribution in [0.4, 0.5) is 11.4 Å². The summed E-state index contributed by atoms with van der Waals surface area (Å²) < 4.78 is 6.83. The summed E-state index contributed by atoms with van der Waals surface area (Å²) in [5.41, 5.74) is 3.68. The van der Waals surface area contributed by atoms with E-state index in [1.165, 1.54) is 23.1 Å². The van der Waals surface area contributed by atoms with Gasteiger partial charge in [0.05, 0.1) is 23.1 Å². The Morgan fingerprint density at radius 2 is 1.85 bits per heavy atom. The fourth-order valence-electron chi connectivity index (χ4n) is 3.03. The molecule has 0 aliphatic carbocycles. The van der Waals surface area contributed by atoms with Crippen LogP contribution in [-0.4, -0.2) is 29.7 Å². The number of nitrogens with one attached hydrogen (secondary N) is 2. The van der Waals surface area contributed by atoms with E-state index in [1.807, 2.05) is 31.2 Å². The van der Waals surface area contributed by atoms with Crippen molar-refractivity contribution in [2.75, 3.05) is 23.5 Å². The van der Waals surface area contributed by atoms with Crippen molar-refractivity contribution in [2.24, 2.45) is 0 Å². The molecule has 1 heterocycles. The van der Waals surface area contributed by atoms with Crippen molar-refractivity contribution in [3.8, 4) is 5.75 Å². The number of fused-ring (bicyclic) bond motifs is 1. The van der Waals surface area contributed by atoms with Crippen LogP contribution in [0.5, 0.6) is 5.75 Å². The van der Waals surface area contributed by atoms with E-state index in [-0.39, 0.29) is 17.6 Å². The molecule has 9 heteroatoms. The Hall–Kier alpha value is -3.07. The molecule has 0 spiro atoms. The van der Waals surface area contributed by atoms with E-state index in [2.05, 4.69) is 15.6 Å². The maximum absolute atomic E-state index is 12.5. The molecule has 168 valence electrons. The number of thioether (sulfide) groups is 1. The molecule has 0 fully saturated rings. The molecule has 0 saturated carbocycles. The molecule has 0 saturated heterocycles. The second-order valence-electron chi connectivity index (χ2n) is 7.14. The molecule has 2 amide bonds. The lowest BCUT2D eigenvalue weighted by Gasteiger charge is -2.08. The molecule has 4 aromatic rings. The molecule has 33 heavy (non-hydrogen) atoms. The normalized spacial score (nSPS) is 10.8. The number of benzene rings is 3. The fourth-order valence-corrected chi connectivity index (χ4v) is 5.11. The molecular weight excluding hydrogens is 478 g/mol. The van der Waals surface area contributed by atoms with E-state index in [9.17, 15) is 9.59 Å². The van der Waals surface area contributed by atoms with Crippen LogP contribution in [0.15, 0.2) is 65.0 Å². The summed E-state index contributed by atoms with van der Waals surface area (Å²) in [5, 5.41) is 6.36. The van der Waals surface area contributed by atoms with E-state index in [0.717, 1.165) is 20.1 Å². The van der Waals surface area contributed by atoms with Gasteiger partial charge >= 0.3 is 0 Å². The lowest BCUT2D eigenvalue weighted by molar-refractivity contribution is -0.113. The van der Waals surface area contributed by atoms with E-state index in [0.29, 0.717) is 27.7 Å². The third-order valence-corrected chi connectivity index (χ3v) is 7.18. The van der Waals surface area contributed by atoms with Gasteiger partial charge in [-0.3, -0.25) is 9.59 Å². The van der Waals surface area contributed by atoms with Gasteiger partial charge in [0.1, 0.15) is 5.75 Å². The number of rotatable bonds is 7. The second kappa shape index (κ2) is 10.2. The second-order valence-corrected chi connectivity index (χ2v) is 9.83. The first kappa shape index (κ1) is 23.1. The third-order valence-electron chi connectivity index (χ3n) is 4.78. The van der Waals surface area contributed by atoms with Crippen molar-refractivity contribution in [3.63, 3.8) is 0 Å². The Morgan fingerprint density at radius 1 is 1.06 bits per heavy atom. The highest BCUT2D eigenvalue weighted by Gasteiger charge is 2.12. The van der Waals surface area contributed by atoms with Crippen LogP contribution in [0, 0.1) is 6.92 Å². The Balaban J connectivity index is 1.38. The minimum absolute atomic E-state index is 0.128. The summed E-state index contributed by atoms with van der Waals surface area (Å²) in [6, 6.07) is 17.9. The molecule has 0 aliphatic rings. The largest absolute Gasteiger partial charge is 0.497 e. The molecule has 3 aromatic carbocycles. The predicted octanol–water partition coefficient (Wildman–Crippen LogP) is 6.25. The molecule has 4 rings (SSSR count). The quantitative estimate of drug-likeness (QED) is 0.295. The van der Waals surface area contributed by atoms with Crippen LogP contribution in [-0.2, 0) is 4.79 Å². The predicted molar refractivity (Wildman–Crippen MR) is 136 cm³/mol. The van der Waals surface area contributed by atoms with Crippen LogP contribution in [0.2, 0.25) is 5.02 Å². The minimum atomic E-state index is -0.205. The van der Waals surface area contributed by atoms with Gasteiger partial charge in [-0.1, -0.05) is 29.4 Å². The summed E-state index contributed by atoms with van der Waals surface area (Å²) in [6.07, 6.45) is 0. The first-order chi connectivity index (χ1) is 15.9. The van der Waals surface area contributed by atoms with Crippen molar-refractivity contribution in [1.29, 1.82) is 0 Å². The van der Waals surface area contributed by atoms with Gasteiger partial charge in [-0.25, -0.2) is 4.98 Å². The van der Waals surface area contributed by atoms with Crippen LogP contribution in [0.1, 0.15) is 15.9 Å². The average molecular weight is 498 g/mol. The molecule has 0 unspecified atom stereocenters. The Kier molecular flexibility index (Phi) is 7.17. The standard InChI is InChI=1S/C24H20ClN3O3S2/c1-14-3-6-16(25)11-20(14)27-22(29)13-32-24-28-19-10-7-17(12-21(19)33-24)26-23(30)15-4-8-18(31-2)9-5-15/h3-12H,13H2,1-2H3,(H,26,30)(H,27,29). The number of amides is 2. The van der Waals surface area contributed by atoms with Gasteiger partial charge in [-0.2, -0.15) is 0 Å². The van der Waals surface area contributed by atoms with Gasteiger partial charge in [0.25, 0.3) is 5.91 Å². The number of hydrogen-bond acceptors (Lipinski definition) is 6. The lowest BCUT2D eigenvalue weighted by Crippen LogP contribution is -2.14. The number of carbonyl (C=O) groups excluding carboxylic acids is 2. The maximum Gasteiger partial charge on any atom is 0.255 e. The Labute approximate surface area is 204 Å². The highest BCUT2D eigenvalue weighted by Crippen LogP contribution is 2.31. The van der Waals surface area contributed by atoms with Gasteiger partial charge in [0.15, 0.2) is 4.34 Å². The molecular formula is C24H20ClN3O3S2. The van der Waals surface area contributed by atoms with Gasteiger partial charge in [-0.15, -0.1) is 11.3 Å². The fraction of sp³-hybridized carbons (Fsp3) is 0.125. The van der Waals surface area contributed by atoms with Crippen LogP contribution in [0.25, 0.3) is 10.2 Å². The van der Waals surface area contributed by atoms with Crippen molar-refractivity contribution >= 4 is 68.1 Å². The number of aromatic nitrogens is 1. The van der Waals surface area contributed by atoms with Crippen LogP contribution >= 0.6 is 34.7 Å². The number of ether oxygens (including phenoxy) is 1. The van der Waals surface area contributed by atoms with Crippen LogP contribution in [0.3, 0.4) is 0 Å². The zero-order valence-corrected chi connectivity index (χ0v) is 20.2. The number of carbonyl (C=O) groups is 2. The van der Waals surface area contributed by atoms with Gasteiger partial charge in [0.2, 0.25) is 5.91 Å². The van der Waals surface area contributed by atoms with Crippen LogP contribution < -0.4 is 15.4 Å². The number of halogens is 1. The summed E-state index contributed by atoms with van der Waals surface area (Å²) in [7, 11) is 1.58. The van der Waals surface area contributed by atoms with E-state index < -0.39 is 0 Å². The molecule has 6 nitrogen and oxygen atoms in total. The first-order valence-electron chi connectivity index (χ1n) is 9.96. The first-order valence-corrected chi connectivity index (χ1v) is 12.1. The average Bonchev–Trinajstić information content (AvgIpc) is 3.22. The number of nitrogens with zero attached hydrogens (tertiary/aromatic N) is 1. The number of hydrogen-bond donors (Lipinski definition) is 2. The number of methoxy groups -OCH3 is 1. The molecule has 0 aliphatic heterocycles.